The predicted octanol–water partition coefficient (Wildman–Crippen LogP) is 5.09. The number of hydrazone groups is 2. The summed E-state index contributed by atoms with van der Waals surface area (Å²) < 4.78 is 0. The molecule has 0 saturated heterocycles. The maximum absolute atomic E-state index is 12.0. The van der Waals surface area contributed by atoms with Crippen molar-refractivity contribution >= 4 is 68.6 Å². The summed E-state index contributed by atoms with van der Waals surface area (Å²) in [5.41, 5.74) is 18.0. The molecule has 0 aliphatic rings. The van der Waals surface area contributed by atoms with Gasteiger partial charge in [-0.05, 0) is 72.0 Å². The Kier molecular flexibility index (Phi) is 9.36. The number of aryl methyl sites for hydroxylation is 2. The van der Waals surface area contributed by atoms with E-state index >= 15 is 0 Å². The van der Waals surface area contributed by atoms with E-state index in [1.807, 2.05) is 27.7 Å². The van der Waals surface area contributed by atoms with E-state index in [0.29, 0.717) is 33.0 Å². The number of nitrogens with one attached hydrogen (secondary N) is 2. The van der Waals surface area contributed by atoms with Gasteiger partial charge in [-0.1, -0.05) is 39.8 Å². The summed E-state index contributed by atoms with van der Waals surface area (Å²) in [6, 6.07) is 3.48. The van der Waals surface area contributed by atoms with Crippen LogP contribution in [0.2, 0.25) is 0 Å². The molecule has 4 rings (SSSR count). The van der Waals surface area contributed by atoms with Crippen LogP contribution in [0.3, 0.4) is 0 Å². The average molecular weight is 665 g/mol. The lowest BCUT2D eigenvalue weighted by atomic mass is 9.83. The van der Waals surface area contributed by atoms with Crippen molar-refractivity contribution < 1.29 is 30.6 Å². The lowest BCUT2D eigenvalue weighted by molar-refractivity contribution is 0.398. The molecule has 46 heavy (non-hydrogen) atoms. The standard InChI is InChI=1S/C32H36N6O6S2/c1-11(2)19-15-7-13(5)21(27(41)23(15)17(25(39)29(19)43)9-35-37-31(33)45)22-14(6)8-16-20(12(3)4)30(44)26(40)18(24(16)28(22)42)10-36-38-32(34)46/h7-12,39-44H,1-6H3,(H3,33,37,45)(H3,34,38,46). The number of nitrogens with zero attached hydrogens (tertiary/aromatic N) is 2. The first kappa shape index (κ1) is 33.8. The number of rotatable bonds is 7. The van der Waals surface area contributed by atoms with E-state index in [1.54, 1.807) is 26.0 Å². The summed E-state index contributed by atoms with van der Waals surface area (Å²) in [7, 11) is 0. The molecule has 0 atom stereocenters. The zero-order valence-electron chi connectivity index (χ0n) is 26.0. The van der Waals surface area contributed by atoms with Crippen LogP contribution >= 0.6 is 24.4 Å². The van der Waals surface area contributed by atoms with Crippen LogP contribution < -0.4 is 22.3 Å². The summed E-state index contributed by atoms with van der Waals surface area (Å²) >= 11 is 9.62. The molecule has 0 fully saturated rings. The molecule has 4 aromatic rings. The number of phenolic OH excluding ortho intramolecular Hbond substituents is 6. The molecule has 0 amide bonds. The number of phenols is 6. The van der Waals surface area contributed by atoms with Crippen LogP contribution in [-0.2, 0) is 0 Å². The second-order valence-electron chi connectivity index (χ2n) is 11.5. The Balaban J connectivity index is 2.23. The molecule has 0 bridgehead atoms. The second-order valence-corrected chi connectivity index (χ2v) is 12.4. The van der Waals surface area contributed by atoms with Gasteiger partial charge in [-0.25, -0.2) is 0 Å². The molecule has 242 valence electrons. The van der Waals surface area contributed by atoms with Crippen LogP contribution in [0.15, 0.2) is 22.3 Å². The molecule has 0 aromatic heterocycles. The van der Waals surface area contributed by atoms with Crippen molar-refractivity contribution in [2.75, 3.05) is 0 Å². The zero-order valence-corrected chi connectivity index (χ0v) is 27.6. The minimum absolute atomic E-state index is 0.0290. The molecule has 0 aliphatic heterocycles. The van der Waals surface area contributed by atoms with Gasteiger partial charge in [0.05, 0.1) is 23.6 Å². The zero-order chi connectivity index (χ0) is 34.4. The Morgan fingerprint density at radius 3 is 1.24 bits per heavy atom. The second kappa shape index (κ2) is 12.7. The highest BCUT2D eigenvalue weighted by molar-refractivity contribution is 7.80. The third-order valence-corrected chi connectivity index (χ3v) is 7.91. The molecule has 0 spiro atoms. The number of thiocarbonyl (C=S) groups is 2. The Labute approximate surface area is 275 Å². The van der Waals surface area contributed by atoms with Gasteiger partial charge in [0.2, 0.25) is 0 Å². The third kappa shape index (κ3) is 5.72. The monoisotopic (exact) mass is 664 g/mol. The number of benzene rings is 4. The molecule has 12 nitrogen and oxygen atoms in total. The quantitative estimate of drug-likeness (QED) is 0.0540. The summed E-state index contributed by atoms with van der Waals surface area (Å²) in [6.07, 6.45) is 2.34. The third-order valence-electron chi connectivity index (χ3n) is 7.73. The van der Waals surface area contributed by atoms with Crippen LogP contribution in [0.1, 0.15) is 72.9 Å². The van der Waals surface area contributed by atoms with Gasteiger partial charge in [-0.15, -0.1) is 0 Å². The summed E-state index contributed by atoms with van der Waals surface area (Å²) in [4.78, 5) is 0. The van der Waals surface area contributed by atoms with Crippen molar-refractivity contribution in [3.05, 3.63) is 45.5 Å². The number of fused-ring (bicyclic) bond motifs is 2. The highest BCUT2D eigenvalue weighted by Crippen LogP contribution is 2.54. The van der Waals surface area contributed by atoms with Crippen LogP contribution in [0, 0.1) is 13.8 Å². The maximum atomic E-state index is 12.0. The number of nitrogens with two attached hydrogens (primary N) is 2. The predicted molar refractivity (Wildman–Crippen MR) is 190 cm³/mol. The Hall–Kier alpha value is -5.08. The fourth-order valence-electron chi connectivity index (χ4n) is 5.94. The first-order chi connectivity index (χ1) is 21.5. The van der Waals surface area contributed by atoms with E-state index in [1.165, 1.54) is 12.4 Å². The summed E-state index contributed by atoms with van der Waals surface area (Å²) in [6.45, 7) is 10.8. The van der Waals surface area contributed by atoms with E-state index in [4.69, 9.17) is 35.9 Å². The van der Waals surface area contributed by atoms with Crippen molar-refractivity contribution in [1.29, 1.82) is 0 Å². The average Bonchev–Trinajstić information content (AvgIpc) is 2.94. The Morgan fingerprint density at radius 2 is 0.957 bits per heavy atom. The summed E-state index contributed by atoms with van der Waals surface area (Å²) in [5, 5.41) is 77.1. The summed E-state index contributed by atoms with van der Waals surface area (Å²) in [5.74, 6) is -2.98. The lowest BCUT2D eigenvalue weighted by Gasteiger charge is -2.23. The number of hydrogen-bond donors (Lipinski definition) is 10. The van der Waals surface area contributed by atoms with Crippen LogP contribution in [0.5, 0.6) is 34.5 Å². The molecule has 0 unspecified atom stereocenters. The van der Waals surface area contributed by atoms with E-state index in [2.05, 4.69) is 21.1 Å². The first-order valence-corrected chi connectivity index (χ1v) is 15.0. The molecule has 0 radical (unpaired) electrons. The van der Waals surface area contributed by atoms with Crippen molar-refractivity contribution in [3.63, 3.8) is 0 Å². The number of hydrogen-bond acceptors (Lipinski definition) is 10. The van der Waals surface area contributed by atoms with Gasteiger partial charge in [0.1, 0.15) is 11.5 Å². The van der Waals surface area contributed by atoms with Gasteiger partial charge in [0, 0.05) is 33.0 Å². The largest absolute Gasteiger partial charge is 0.507 e. The highest BCUT2D eigenvalue weighted by Gasteiger charge is 2.29. The van der Waals surface area contributed by atoms with Gasteiger partial charge >= 0.3 is 0 Å². The van der Waals surface area contributed by atoms with Crippen LogP contribution in [-0.4, -0.2) is 53.3 Å². The van der Waals surface area contributed by atoms with Gasteiger partial charge in [-0.2, -0.15) is 10.2 Å². The van der Waals surface area contributed by atoms with Crippen LogP contribution in [0.4, 0.5) is 0 Å². The molecule has 0 aliphatic carbocycles. The molecule has 14 heteroatoms. The van der Waals surface area contributed by atoms with Gasteiger partial charge in [-0.3, -0.25) is 10.9 Å². The van der Waals surface area contributed by atoms with E-state index in [9.17, 15) is 30.6 Å². The fraction of sp³-hybridized carbons (Fsp3) is 0.250. The number of aromatic hydroxyl groups is 6. The minimum Gasteiger partial charge on any atom is -0.507 e. The van der Waals surface area contributed by atoms with Gasteiger partial charge < -0.3 is 42.1 Å². The highest BCUT2D eigenvalue weighted by atomic mass is 32.1. The topological polar surface area (TPSA) is 222 Å². The Bertz CT molecular complexity index is 1860. The minimum atomic E-state index is -0.528. The van der Waals surface area contributed by atoms with Crippen molar-refractivity contribution in [1.82, 2.24) is 10.9 Å². The maximum Gasteiger partial charge on any atom is 0.184 e. The van der Waals surface area contributed by atoms with Crippen molar-refractivity contribution in [3.8, 4) is 45.6 Å². The normalized spacial score (nSPS) is 11.9. The smallest absolute Gasteiger partial charge is 0.184 e. The lowest BCUT2D eigenvalue weighted by Crippen LogP contribution is -2.24. The molecular formula is C32H36N6O6S2. The fourth-order valence-corrected chi connectivity index (χ4v) is 6.05. The molecule has 0 saturated carbocycles. The van der Waals surface area contributed by atoms with E-state index in [0.717, 1.165) is 0 Å². The van der Waals surface area contributed by atoms with Crippen molar-refractivity contribution in [2.45, 2.75) is 53.4 Å². The molecular weight excluding hydrogens is 629 g/mol. The molecule has 12 N–H and O–H groups in total. The van der Waals surface area contributed by atoms with Gasteiger partial charge in [0.15, 0.2) is 33.2 Å². The Morgan fingerprint density at radius 1 is 0.630 bits per heavy atom. The van der Waals surface area contributed by atoms with Crippen LogP contribution in [0.25, 0.3) is 32.7 Å². The first-order valence-electron chi connectivity index (χ1n) is 14.2. The van der Waals surface area contributed by atoms with Crippen molar-refractivity contribution in [2.24, 2.45) is 21.7 Å². The van der Waals surface area contributed by atoms with E-state index in [-0.39, 0.29) is 78.1 Å². The molecule has 4 aromatic carbocycles. The van der Waals surface area contributed by atoms with E-state index < -0.39 is 11.5 Å². The SMILES string of the molecule is Cc1cc2c(C(C)C)c(O)c(O)c(C=NNC(N)=S)c2c(O)c1-c1c(C)cc2c(C(C)C)c(O)c(O)c(C=NNC(N)=S)c2c1O. The molecule has 0 heterocycles. The van der Waals surface area contributed by atoms with Gasteiger partial charge in [0.25, 0.3) is 0 Å².